The van der Waals surface area contributed by atoms with Gasteiger partial charge in [0.25, 0.3) is 0 Å². The molecule has 5 nitrogen and oxygen atoms in total. The average Bonchev–Trinajstić information content (AvgIpc) is 3.07. The van der Waals surface area contributed by atoms with Gasteiger partial charge in [0.2, 0.25) is 5.75 Å². The molecule has 2 aliphatic carbocycles. The quantitative estimate of drug-likeness (QED) is 0.836. The van der Waals surface area contributed by atoms with E-state index in [2.05, 4.69) is 27.5 Å². The number of hydrogen-bond acceptors (Lipinski definition) is 5. The molecule has 3 atom stereocenters. The normalized spacial score (nSPS) is 27.6. The third-order valence-corrected chi connectivity index (χ3v) is 4.61. The van der Waals surface area contributed by atoms with Crippen LogP contribution in [0.25, 0.3) is 0 Å². The Labute approximate surface area is 120 Å². The molecule has 3 rings (SSSR count). The van der Waals surface area contributed by atoms with Crippen molar-refractivity contribution in [3.05, 3.63) is 6.33 Å². The maximum Gasteiger partial charge on any atom is 0.204 e. The molecule has 0 saturated heterocycles. The first-order valence-electron chi connectivity index (χ1n) is 7.71. The van der Waals surface area contributed by atoms with Crippen LogP contribution in [0.4, 0.5) is 11.6 Å². The number of aromatic nitrogens is 2. The van der Waals surface area contributed by atoms with Gasteiger partial charge in [0, 0.05) is 12.6 Å². The third-order valence-electron chi connectivity index (χ3n) is 4.61. The summed E-state index contributed by atoms with van der Waals surface area (Å²) >= 11 is 0. The molecule has 1 aromatic rings. The van der Waals surface area contributed by atoms with Crippen LogP contribution in [0.3, 0.4) is 0 Å². The first-order valence-corrected chi connectivity index (χ1v) is 7.71. The Balaban J connectivity index is 1.75. The van der Waals surface area contributed by atoms with Gasteiger partial charge in [-0.3, -0.25) is 0 Å². The lowest BCUT2D eigenvalue weighted by atomic mass is 9.95. The molecule has 1 heterocycles. The molecule has 0 amide bonds. The van der Waals surface area contributed by atoms with E-state index in [9.17, 15) is 0 Å². The van der Waals surface area contributed by atoms with Crippen molar-refractivity contribution in [1.82, 2.24) is 9.97 Å². The molecule has 5 heteroatoms. The van der Waals surface area contributed by atoms with E-state index >= 15 is 0 Å². The average molecular weight is 276 g/mol. The van der Waals surface area contributed by atoms with Crippen LogP contribution < -0.4 is 15.4 Å². The molecule has 2 bridgehead atoms. The highest BCUT2D eigenvalue weighted by Gasteiger charge is 2.39. The molecular weight excluding hydrogens is 252 g/mol. The van der Waals surface area contributed by atoms with E-state index in [0.717, 1.165) is 42.2 Å². The Bertz CT molecular complexity index is 465. The fourth-order valence-corrected chi connectivity index (χ4v) is 3.64. The molecule has 0 aliphatic heterocycles. The minimum atomic E-state index is 0.552. The van der Waals surface area contributed by atoms with Gasteiger partial charge in [0.05, 0.1) is 7.11 Å². The van der Waals surface area contributed by atoms with Crippen molar-refractivity contribution >= 4 is 11.6 Å². The highest BCUT2D eigenvalue weighted by atomic mass is 16.5. The first-order chi connectivity index (χ1) is 9.81. The molecular formula is C15H24N4O. The summed E-state index contributed by atoms with van der Waals surface area (Å²) in [7, 11) is 1.68. The number of nitrogens with one attached hydrogen (secondary N) is 2. The second-order valence-electron chi connectivity index (χ2n) is 5.96. The summed E-state index contributed by atoms with van der Waals surface area (Å²) in [4.78, 5) is 8.66. The lowest BCUT2D eigenvalue weighted by molar-refractivity contribution is 0.408. The predicted molar refractivity (Wildman–Crippen MR) is 80.2 cm³/mol. The second-order valence-corrected chi connectivity index (χ2v) is 5.96. The molecule has 2 N–H and O–H groups in total. The fraction of sp³-hybridized carbons (Fsp3) is 0.733. The molecule has 2 aliphatic rings. The molecule has 0 aromatic carbocycles. The summed E-state index contributed by atoms with van der Waals surface area (Å²) in [6.45, 7) is 3.02. The van der Waals surface area contributed by atoms with Crippen LogP contribution in [0, 0.1) is 11.8 Å². The number of anilines is 2. The van der Waals surface area contributed by atoms with Crippen LogP contribution in [0.1, 0.15) is 39.0 Å². The number of fused-ring (bicyclic) bond motifs is 2. The Morgan fingerprint density at radius 2 is 2.10 bits per heavy atom. The second kappa shape index (κ2) is 5.85. The van der Waals surface area contributed by atoms with E-state index in [1.165, 1.54) is 25.7 Å². The summed E-state index contributed by atoms with van der Waals surface area (Å²) in [6.07, 6.45) is 8.09. The SMILES string of the molecule is CCCNc1ncnc(NC2CC3CCC2C3)c1OC. The van der Waals surface area contributed by atoms with Crippen molar-refractivity contribution in [3.63, 3.8) is 0 Å². The molecule has 0 radical (unpaired) electrons. The Hall–Kier alpha value is -1.52. The standard InChI is InChI=1S/C15H24N4O/c1-3-6-16-14-13(20-2)15(18-9-17-14)19-12-8-10-4-5-11(12)7-10/h9-12H,3-8H2,1-2H3,(H2,16,17,18,19). The highest BCUT2D eigenvalue weighted by molar-refractivity contribution is 5.63. The summed E-state index contributed by atoms with van der Waals surface area (Å²) < 4.78 is 5.51. The summed E-state index contributed by atoms with van der Waals surface area (Å²) in [5.74, 6) is 4.09. The van der Waals surface area contributed by atoms with Crippen molar-refractivity contribution in [2.24, 2.45) is 11.8 Å². The van der Waals surface area contributed by atoms with Gasteiger partial charge in [-0.05, 0) is 37.5 Å². The molecule has 20 heavy (non-hydrogen) atoms. The topological polar surface area (TPSA) is 59.1 Å². The zero-order valence-corrected chi connectivity index (χ0v) is 12.4. The minimum Gasteiger partial charge on any atom is -0.490 e. The van der Waals surface area contributed by atoms with E-state index in [-0.39, 0.29) is 0 Å². The minimum absolute atomic E-state index is 0.552. The van der Waals surface area contributed by atoms with E-state index < -0.39 is 0 Å². The van der Waals surface area contributed by atoms with Crippen LogP contribution in [0.5, 0.6) is 5.75 Å². The first kappa shape index (κ1) is 13.5. The molecule has 0 spiro atoms. The smallest absolute Gasteiger partial charge is 0.204 e. The number of methoxy groups -OCH3 is 1. The van der Waals surface area contributed by atoms with E-state index in [4.69, 9.17) is 4.74 Å². The van der Waals surface area contributed by atoms with Gasteiger partial charge >= 0.3 is 0 Å². The van der Waals surface area contributed by atoms with Crippen molar-refractivity contribution in [1.29, 1.82) is 0 Å². The van der Waals surface area contributed by atoms with Gasteiger partial charge in [0.1, 0.15) is 6.33 Å². The van der Waals surface area contributed by atoms with E-state index in [1.807, 2.05) is 0 Å². The third kappa shape index (κ3) is 2.53. The van der Waals surface area contributed by atoms with Gasteiger partial charge in [-0.15, -0.1) is 0 Å². The van der Waals surface area contributed by atoms with Crippen LogP contribution in [0.2, 0.25) is 0 Å². The summed E-state index contributed by atoms with van der Waals surface area (Å²) in [5, 5.41) is 6.89. The predicted octanol–water partition coefficient (Wildman–Crippen LogP) is 2.91. The molecule has 2 saturated carbocycles. The zero-order chi connectivity index (χ0) is 13.9. The van der Waals surface area contributed by atoms with E-state index in [0.29, 0.717) is 6.04 Å². The number of hydrogen-bond donors (Lipinski definition) is 2. The van der Waals surface area contributed by atoms with Crippen molar-refractivity contribution < 1.29 is 4.74 Å². The molecule has 3 unspecified atom stereocenters. The number of nitrogens with zero attached hydrogens (tertiary/aromatic N) is 2. The highest BCUT2D eigenvalue weighted by Crippen LogP contribution is 2.46. The Morgan fingerprint density at radius 1 is 1.25 bits per heavy atom. The maximum absolute atomic E-state index is 5.51. The number of ether oxygens (including phenoxy) is 1. The van der Waals surface area contributed by atoms with Crippen molar-refractivity contribution in [2.75, 3.05) is 24.3 Å². The van der Waals surface area contributed by atoms with Crippen LogP contribution in [-0.4, -0.2) is 29.7 Å². The van der Waals surface area contributed by atoms with Gasteiger partial charge in [-0.25, -0.2) is 9.97 Å². The monoisotopic (exact) mass is 276 g/mol. The maximum atomic E-state index is 5.51. The van der Waals surface area contributed by atoms with Gasteiger partial charge < -0.3 is 15.4 Å². The Morgan fingerprint density at radius 3 is 2.75 bits per heavy atom. The van der Waals surface area contributed by atoms with Crippen LogP contribution >= 0.6 is 0 Å². The zero-order valence-electron chi connectivity index (χ0n) is 12.4. The van der Waals surface area contributed by atoms with Gasteiger partial charge in [0.15, 0.2) is 11.6 Å². The van der Waals surface area contributed by atoms with Crippen molar-refractivity contribution in [2.45, 2.75) is 45.1 Å². The molecule has 1 aromatic heterocycles. The van der Waals surface area contributed by atoms with Gasteiger partial charge in [-0.1, -0.05) is 13.3 Å². The van der Waals surface area contributed by atoms with E-state index in [1.54, 1.807) is 13.4 Å². The molecule has 110 valence electrons. The Kier molecular flexibility index (Phi) is 3.94. The fourth-order valence-electron chi connectivity index (χ4n) is 3.64. The molecule has 2 fully saturated rings. The van der Waals surface area contributed by atoms with Crippen molar-refractivity contribution in [3.8, 4) is 5.75 Å². The summed E-state index contributed by atoms with van der Waals surface area (Å²) in [5.41, 5.74) is 0. The lowest BCUT2D eigenvalue weighted by Gasteiger charge is -2.24. The van der Waals surface area contributed by atoms with Gasteiger partial charge in [-0.2, -0.15) is 0 Å². The largest absolute Gasteiger partial charge is 0.490 e. The number of rotatable bonds is 6. The van der Waals surface area contributed by atoms with Crippen LogP contribution in [0.15, 0.2) is 6.33 Å². The van der Waals surface area contributed by atoms with Crippen LogP contribution in [-0.2, 0) is 0 Å². The lowest BCUT2D eigenvalue weighted by Crippen LogP contribution is -2.26. The summed E-state index contributed by atoms with van der Waals surface area (Å²) in [6, 6.07) is 0.552.